The second kappa shape index (κ2) is 7.40. The van der Waals surface area contributed by atoms with Crippen LogP contribution < -0.4 is 10.6 Å². The minimum atomic E-state index is 0.804. The summed E-state index contributed by atoms with van der Waals surface area (Å²) in [6, 6.07) is 2.12. The summed E-state index contributed by atoms with van der Waals surface area (Å²) in [5.74, 6) is 1.02. The van der Waals surface area contributed by atoms with E-state index in [0.717, 1.165) is 38.4 Å². The number of rotatable bonds is 5. The standard InChI is InChI=1S/C14H25N5/c1-13-11-14(17-16-12-13)19-8-4-7-18(9-10-19)6-3-2-5-15/h11-12H,2-10,15H2,1H3. The molecule has 1 aliphatic rings. The molecule has 1 aromatic heterocycles. The van der Waals surface area contributed by atoms with Gasteiger partial charge in [0.2, 0.25) is 0 Å². The first-order chi connectivity index (χ1) is 9.29. The summed E-state index contributed by atoms with van der Waals surface area (Å²) < 4.78 is 0. The minimum absolute atomic E-state index is 0.804. The number of hydrogen-bond donors (Lipinski definition) is 1. The SMILES string of the molecule is Cc1cnnc(N2CCCN(CCCCN)CC2)c1. The van der Waals surface area contributed by atoms with E-state index in [1.807, 2.05) is 0 Å². The maximum atomic E-state index is 5.55. The Hall–Kier alpha value is -1.20. The molecule has 0 amide bonds. The maximum absolute atomic E-state index is 5.55. The number of nitrogens with two attached hydrogens (primary N) is 1. The summed E-state index contributed by atoms with van der Waals surface area (Å²) in [5, 5.41) is 8.30. The molecule has 1 aromatic rings. The van der Waals surface area contributed by atoms with E-state index < -0.39 is 0 Å². The second-order valence-electron chi connectivity index (χ2n) is 5.27. The smallest absolute Gasteiger partial charge is 0.151 e. The van der Waals surface area contributed by atoms with E-state index in [-0.39, 0.29) is 0 Å². The van der Waals surface area contributed by atoms with E-state index in [0.29, 0.717) is 0 Å². The van der Waals surface area contributed by atoms with Crippen molar-refractivity contribution in [3.8, 4) is 0 Å². The molecule has 1 aliphatic heterocycles. The zero-order valence-electron chi connectivity index (χ0n) is 11.9. The Kier molecular flexibility index (Phi) is 5.54. The fraction of sp³-hybridized carbons (Fsp3) is 0.714. The second-order valence-corrected chi connectivity index (χ2v) is 5.27. The third kappa shape index (κ3) is 4.44. The average Bonchev–Trinajstić information content (AvgIpc) is 2.65. The molecule has 0 aliphatic carbocycles. The highest BCUT2D eigenvalue weighted by Crippen LogP contribution is 2.14. The van der Waals surface area contributed by atoms with Crippen LogP contribution in [0, 0.1) is 6.92 Å². The molecule has 0 aromatic carbocycles. The summed E-state index contributed by atoms with van der Waals surface area (Å²) in [6.07, 6.45) is 5.34. The molecule has 1 saturated heterocycles. The van der Waals surface area contributed by atoms with E-state index >= 15 is 0 Å². The van der Waals surface area contributed by atoms with Gasteiger partial charge in [-0.3, -0.25) is 0 Å². The van der Waals surface area contributed by atoms with Crippen LogP contribution in [-0.2, 0) is 0 Å². The quantitative estimate of drug-likeness (QED) is 0.804. The van der Waals surface area contributed by atoms with Gasteiger partial charge in [0.25, 0.3) is 0 Å². The van der Waals surface area contributed by atoms with Crippen molar-refractivity contribution in [2.75, 3.05) is 44.2 Å². The Morgan fingerprint density at radius 2 is 2.11 bits per heavy atom. The molecule has 5 heteroatoms. The van der Waals surface area contributed by atoms with Crippen LogP contribution in [0.3, 0.4) is 0 Å². The molecule has 0 atom stereocenters. The Balaban J connectivity index is 1.86. The normalized spacial score (nSPS) is 17.5. The van der Waals surface area contributed by atoms with Crippen LogP contribution in [-0.4, -0.2) is 54.4 Å². The molecule has 106 valence electrons. The Morgan fingerprint density at radius 1 is 1.21 bits per heavy atom. The molecule has 1 fully saturated rings. The van der Waals surface area contributed by atoms with Crippen LogP contribution in [0.4, 0.5) is 5.82 Å². The van der Waals surface area contributed by atoms with Crippen molar-refractivity contribution in [3.05, 3.63) is 17.8 Å². The zero-order chi connectivity index (χ0) is 13.5. The maximum Gasteiger partial charge on any atom is 0.151 e. The lowest BCUT2D eigenvalue weighted by atomic mass is 10.3. The van der Waals surface area contributed by atoms with Gasteiger partial charge in [-0.25, -0.2) is 0 Å². The molecule has 2 heterocycles. The van der Waals surface area contributed by atoms with E-state index in [4.69, 9.17) is 5.73 Å². The van der Waals surface area contributed by atoms with Gasteiger partial charge in [-0.15, -0.1) is 5.10 Å². The van der Waals surface area contributed by atoms with Crippen LogP contribution in [0.25, 0.3) is 0 Å². The average molecular weight is 263 g/mol. The van der Waals surface area contributed by atoms with Gasteiger partial charge in [0, 0.05) is 19.6 Å². The van der Waals surface area contributed by atoms with Gasteiger partial charge in [0.1, 0.15) is 0 Å². The summed E-state index contributed by atoms with van der Waals surface area (Å²) >= 11 is 0. The van der Waals surface area contributed by atoms with Gasteiger partial charge in [-0.05, 0) is 57.5 Å². The van der Waals surface area contributed by atoms with E-state index in [1.165, 1.54) is 31.5 Å². The summed E-state index contributed by atoms with van der Waals surface area (Å²) in [5.41, 5.74) is 6.72. The predicted molar refractivity (Wildman–Crippen MR) is 78.3 cm³/mol. The number of anilines is 1. The molecular formula is C14H25N5. The van der Waals surface area contributed by atoms with Crippen LogP contribution in [0.15, 0.2) is 12.3 Å². The van der Waals surface area contributed by atoms with Crippen LogP contribution >= 0.6 is 0 Å². The number of unbranched alkanes of at least 4 members (excludes halogenated alkanes) is 1. The van der Waals surface area contributed by atoms with Crippen molar-refractivity contribution < 1.29 is 0 Å². The first-order valence-corrected chi connectivity index (χ1v) is 7.26. The number of nitrogens with zero attached hydrogens (tertiary/aromatic N) is 4. The Morgan fingerprint density at radius 3 is 2.89 bits per heavy atom. The first kappa shape index (κ1) is 14.2. The molecule has 0 bridgehead atoms. The van der Waals surface area contributed by atoms with Crippen molar-refractivity contribution in [2.24, 2.45) is 5.73 Å². The molecule has 0 radical (unpaired) electrons. The topological polar surface area (TPSA) is 58.3 Å². The number of aryl methyl sites for hydroxylation is 1. The Labute approximate surface area is 115 Å². The van der Waals surface area contributed by atoms with Crippen molar-refractivity contribution in [1.82, 2.24) is 15.1 Å². The molecule has 2 N–H and O–H groups in total. The van der Waals surface area contributed by atoms with Gasteiger partial charge >= 0.3 is 0 Å². The van der Waals surface area contributed by atoms with E-state index in [2.05, 4.69) is 33.0 Å². The van der Waals surface area contributed by atoms with Crippen LogP contribution in [0.1, 0.15) is 24.8 Å². The van der Waals surface area contributed by atoms with Crippen molar-refractivity contribution in [2.45, 2.75) is 26.2 Å². The minimum Gasteiger partial charge on any atom is -0.354 e. The highest BCUT2D eigenvalue weighted by molar-refractivity contribution is 5.39. The van der Waals surface area contributed by atoms with E-state index in [1.54, 1.807) is 6.20 Å². The fourth-order valence-electron chi connectivity index (χ4n) is 2.51. The Bertz CT molecular complexity index is 382. The third-order valence-electron chi connectivity index (χ3n) is 3.62. The number of hydrogen-bond acceptors (Lipinski definition) is 5. The molecule has 19 heavy (non-hydrogen) atoms. The van der Waals surface area contributed by atoms with Crippen molar-refractivity contribution >= 4 is 5.82 Å². The van der Waals surface area contributed by atoms with Gasteiger partial charge in [-0.2, -0.15) is 5.10 Å². The van der Waals surface area contributed by atoms with Crippen molar-refractivity contribution in [3.63, 3.8) is 0 Å². The van der Waals surface area contributed by atoms with Gasteiger partial charge in [-0.1, -0.05) is 0 Å². The summed E-state index contributed by atoms with van der Waals surface area (Å²) in [6.45, 7) is 8.45. The lowest BCUT2D eigenvalue weighted by Crippen LogP contribution is -2.32. The van der Waals surface area contributed by atoms with Crippen molar-refractivity contribution in [1.29, 1.82) is 0 Å². The molecule has 5 nitrogen and oxygen atoms in total. The monoisotopic (exact) mass is 263 g/mol. The highest BCUT2D eigenvalue weighted by atomic mass is 15.3. The highest BCUT2D eigenvalue weighted by Gasteiger charge is 2.15. The third-order valence-corrected chi connectivity index (χ3v) is 3.62. The van der Waals surface area contributed by atoms with Gasteiger partial charge < -0.3 is 15.5 Å². The first-order valence-electron chi connectivity index (χ1n) is 7.26. The van der Waals surface area contributed by atoms with E-state index in [9.17, 15) is 0 Å². The van der Waals surface area contributed by atoms with Gasteiger partial charge in [0.05, 0.1) is 6.20 Å². The molecular weight excluding hydrogens is 238 g/mol. The fourth-order valence-corrected chi connectivity index (χ4v) is 2.51. The predicted octanol–water partition coefficient (Wildman–Crippen LogP) is 1.04. The van der Waals surface area contributed by atoms with Crippen LogP contribution in [0.5, 0.6) is 0 Å². The molecule has 2 rings (SSSR count). The molecule has 0 spiro atoms. The summed E-state index contributed by atoms with van der Waals surface area (Å²) in [7, 11) is 0. The lowest BCUT2D eigenvalue weighted by molar-refractivity contribution is 0.288. The molecule has 0 saturated carbocycles. The largest absolute Gasteiger partial charge is 0.354 e. The molecule has 0 unspecified atom stereocenters. The van der Waals surface area contributed by atoms with Gasteiger partial charge in [0.15, 0.2) is 5.82 Å². The number of aromatic nitrogens is 2. The lowest BCUT2D eigenvalue weighted by Gasteiger charge is -2.22. The van der Waals surface area contributed by atoms with Crippen LogP contribution in [0.2, 0.25) is 0 Å². The zero-order valence-corrected chi connectivity index (χ0v) is 11.9. The summed E-state index contributed by atoms with van der Waals surface area (Å²) in [4.78, 5) is 4.89.